The number of hydrogen-bond donors (Lipinski definition) is 1. The van der Waals surface area contributed by atoms with Gasteiger partial charge in [-0.05, 0) is 18.2 Å². The second kappa shape index (κ2) is 5.07. The molecule has 1 aromatic carbocycles. The van der Waals surface area contributed by atoms with Gasteiger partial charge in [-0.2, -0.15) is 0 Å². The van der Waals surface area contributed by atoms with E-state index in [1.165, 1.54) is 6.07 Å². The number of benzene rings is 1. The van der Waals surface area contributed by atoms with Crippen molar-refractivity contribution < 1.29 is 4.92 Å². The van der Waals surface area contributed by atoms with Crippen LogP contribution in [-0.2, 0) is 6.54 Å². The Kier molecular flexibility index (Phi) is 4.03. The maximum absolute atomic E-state index is 10.5. The van der Waals surface area contributed by atoms with Gasteiger partial charge in [0.1, 0.15) is 0 Å². The predicted molar refractivity (Wildman–Crippen MR) is 58.2 cm³/mol. The zero-order chi connectivity index (χ0) is 10.6. The molecule has 1 aromatic rings. The van der Waals surface area contributed by atoms with Gasteiger partial charge in [-0.15, -0.1) is 0 Å². The summed E-state index contributed by atoms with van der Waals surface area (Å²) < 4.78 is 0.736. The SMILES string of the molecule is CCNCc1cc(Br)cc([N+](=O)[O-])c1. The molecule has 0 saturated heterocycles. The molecule has 76 valence electrons. The van der Waals surface area contributed by atoms with Gasteiger partial charge < -0.3 is 5.32 Å². The number of nitrogens with zero attached hydrogens (tertiary/aromatic N) is 1. The third-order valence-electron chi connectivity index (χ3n) is 1.73. The molecule has 0 radical (unpaired) electrons. The average molecular weight is 259 g/mol. The van der Waals surface area contributed by atoms with Crippen LogP contribution in [0.2, 0.25) is 0 Å². The summed E-state index contributed by atoms with van der Waals surface area (Å²) in [4.78, 5) is 10.2. The number of non-ortho nitro benzene ring substituents is 1. The largest absolute Gasteiger partial charge is 0.313 e. The first-order chi connectivity index (χ1) is 6.63. The molecular weight excluding hydrogens is 248 g/mol. The van der Waals surface area contributed by atoms with Crippen LogP contribution in [0.5, 0.6) is 0 Å². The van der Waals surface area contributed by atoms with E-state index in [4.69, 9.17) is 0 Å². The molecule has 0 amide bonds. The molecular formula is C9H11BrN2O2. The minimum absolute atomic E-state index is 0.118. The van der Waals surface area contributed by atoms with E-state index in [1.807, 2.05) is 13.0 Å². The highest BCUT2D eigenvalue weighted by Crippen LogP contribution is 2.21. The zero-order valence-corrected chi connectivity index (χ0v) is 9.37. The van der Waals surface area contributed by atoms with Gasteiger partial charge in [0, 0.05) is 23.2 Å². The topological polar surface area (TPSA) is 55.2 Å². The molecule has 0 heterocycles. The first-order valence-corrected chi connectivity index (χ1v) is 5.07. The Balaban J connectivity index is 2.89. The molecule has 0 aliphatic carbocycles. The predicted octanol–water partition coefficient (Wildman–Crippen LogP) is 2.47. The van der Waals surface area contributed by atoms with Crippen LogP contribution in [0.25, 0.3) is 0 Å². The maximum atomic E-state index is 10.5. The van der Waals surface area contributed by atoms with Crippen LogP contribution < -0.4 is 5.32 Å². The van der Waals surface area contributed by atoms with E-state index in [1.54, 1.807) is 6.07 Å². The van der Waals surface area contributed by atoms with Crippen molar-refractivity contribution in [2.24, 2.45) is 0 Å². The molecule has 1 N–H and O–H groups in total. The second-order valence-corrected chi connectivity index (χ2v) is 3.77. The number of nitrogens with one attached hydrogen (secondary N) is 1. The van der Waals surface area contributed by atoms with E-state index in [9.17, 15) is 10.1 Å². The van der Waals surface area contributed by atoms with Crippen molar-refractivity contribution in [1.29, 1.82) is 0 Å². The van der Waals surface area contributed by atoms with Crippen molar-refractivity contribution in [2.45, 2.75) is 13.5 Å². The Bertz CT molecular complexity index is 342. The minimum atomic E-state index is -0.389. The van der Waals surface area contributed by atoms with Crippen LogP contribution in [0, 0.1) is 10.1 Å². The average Bonchev–Trinajstić information content (AvgIpc) is 2.14. The number of halogens is 1. The Morgan fingerprint density at radius 1 is 1.50 bits per heavy atom. The lowest BCUT2D eigenvalue weighted by molar-refractivity contribution is -0.385. The van der Waals surface area contributed by atoms with Crippen molar-refractivity contribution >= 4 is 21.6 Å². The third kappa shape index (κ3) is 3.08. The van der Waals surface area contributed by atoms with E-state index in [0.29, 0.717) is 6.54 Å². The van der Waals surface area contributed by atoms with E-state index in [0.717, 1.165) is 16.6 Å². The number of hydrogen-bond acceptors (Lipinski definition) is 3. The quantitative estimate of drug-likeness (QED) is 0.667. The van der Waals surface area contributed by atoms with Crippen LogP contribution >= 0.6 is 15.9 Å². The number of nitro groups is 1. The summed E-state index contributed by atoms with van der Waals surface area (Å²) in [5.41, 5.74) is 1.03. The number of rotatable bonds is 4. The van der Waals surface area contributed by atoms with Crippen LogP contribution in [0.1, 0.15) is 12.5 Å². The highest BCUT2D eigenvalue weighted by Gasteiger charge is 2.07. The molecule has 0 saturated carbocycles. The van der Waals surface area contributed by atoms with Gasteiger partial charge in [0.25, 0.3) is 5.69 Å². The second-order valence-electron chi connectivity index (χ2n) is 2.86. The first kappa shape index (κ1) is 11.1. The Morgan fingerprint density at radius 2 is 2.21 bits per heavy atom. The standard InChI is InChI=1S/C9H11BrN2O2/c1-2-11-6-7-3-8(10)5-9(4-7)12(13)14/h3-5,11H,2,6H2,1H3. The molecule has 14 heavy (non-hydrogen) atoms. The van der Waals surface area contributed by atoms with Crippen molar-refractivity contribution in [2.75, 3.05) is 6.54 Å². The molecule has 0 unspecified atom stereocenters. The van der Waals surface area contributed by atoms with Crippen LogP contribution in [0.3, 0.4) is 0 Å². The first-order valence-electron chi connectivity index (χ1n) is 4.28. The molecule has 4 nitrogen and oxygen atoms in total. The normalized spacial score (nSPS) is 10.1. The summed E-state index contributed by atoms with van der Waals surface area (Å²) in [6, 6.07) is 4.94. The molecule has 0 bridgehead atoms. The fraction of sp³-hybridized carbons (Fsp3) is 0.333. The van der Waals surface area contributed by atoms with Crippen molar-refractivity contribution in [3.63, 3.8) is 0 Å². The zero-order valence-electron chi connectivity index (χ0n) is 7.79. The molecule has 0 spiro atoms. The molecule has 5 heteroatoms. The fourth-order valence-electron chi connectivity index (χ4n) is 1.11. The van der Waals surface area contributed by atoms with Crippen LogP contribution in [0.4, 0.5) is 5.69 Å². The molecule has 0 aromatic heterocycles. The van der Waals surface area contributed by atoms with E-state index in [-0.39, 0.29) is 10.6 Å². The molecule has 0 fully saturated rings. The van der Waals surface area contributed by atoms with Gasteiger partial charge in [-0.25, -0.2) is 0 Å². The lowest BCUT2D eigenvalue weighted by atomic mass is 10.2. The van der Waals surface area contributed by atoms with Gasteiger partial charge in [0.15, 0.2) is 0 Å². The molecule has 0 aliphatic heterocycles. The summed E-state index contributed by atoms with van der Waals surface area (Å²) in [6.45, 7) is 3.49. The van der Waals surface area contributed by atoms with E-state index in [2.05, 4.69) is 21.2 Å². The van der Waals surface area contributed by atoms with E-state index >= 15 is 0 Å². The third-order valence-corrected chi connectivity index (χ3v) is 2.19. The lowest BCUT2D eigenvalue weighted by Crippen LogP contribution is -2.11. The fourth-order valence-corrected chi connectivity index (χ4v) is 1.64. The monoisotopic (exact) mass is 258 g/mol. The van der Waals surface area contributed by atoms with Gasteiger partial charge in [-0.3, -0.25) is 10.1 Å². The highest BCUT2D eigenvalue weighted by molar-refractivity contribution is 9.10. The smallest absolute Gasteiger partial charge is 0.270 e. The lowest BCUT2D eigenvalue weighted by Gasteiger charge is -2.02. The molecule has 0 atom stereocenters. The van der Waals surface area contributed by atoms with Crippen LogP contribution in [-0.4, -0.2) is 11.5 Å². The van der Waals surface area contributed by atoms with Gasteiger partial charge in [0.05, 0.1) is 4.92 Å². The summed E-state index contributed by atoms with van der Waals surface area (Å²) in [7, 11) is 0. The number of nitro benzene ring substituents is 1. The van der Waals surface area contributed by atoms with Gasteiger partial charge in [0.2, 0.25) is 0 Å². The van der Waals surface area contributed by atoms with E-state index < -0.39 is 0 Å². The summed E-state index contributed by atoms with van der Waals surface area (Å²) >= 11 is 3.24. The van der Waals surface area contributed by atoms with Gasteiger partial charge >= 0.3 is 0 Å². The highest BCUT2D eigenvalue weighted by atomic mass is 79.9. The minimum Gasteiger partial charge on any atom is -0.313 e. The summed E-state index contributed by atoms with van der Waals surface area (Å²) in [5, 5.41) is 13.7. The summed E-state index contributed by atoms with van der Waals surface area (Å²) in [5.74, 6) is 0. The molecule has 0 aliphatic rings. The Hall–Kier alpha value is -0.940. The maximum Gasteiger partial charge on any atom is 0.270 e. The van der Waals surface area contributed by atoms with Crippen molar-refractivity contribution in [1.82, 2.24) is 5.32 Å². The van der Waals surface area contributed by atoms with Crippen LogP contribution in [0.15, 0.2) is 22.7 Å². The van der Waals surface area contributed by atoms with Gasteiger partial charge in [-0.1, -0.05) is 22.9 Å². The Morgan fingerprint density at radius 3 is 2.79 bits per heavy atom. The Labute approximate surface area is 90.6 Å². The van der Waals surface area contributed by atoms with Crippen molar-refractivity contribution in [3.8, 4) is 0 Å². The van der Waals surface area contributed by atoms with Crippen molar-refractivity contribution in [3.05, 3.63) is 38.3 Å². The molecule has 1 rings (SSSR count). The summed E-state index contributed by atoms with van der Waals surface area (Å²) in [6.07, 6.45) is 0.